The van der Waals surface area contributed by atoms with Crippen LogP contribution in [-0.2, 0) is 24.3 Å². The molecular weight excluding hydrogens is 489 g/mol. The average Bonchev–Trinajstić information content (AvgIpc) is 3.28. The van der Waals surface area contributed by atoms with E-state index >= 15 is 0 Å². The number of amides is 1. The molecular formula is C30H35ClFN3O2. The van der Waals surface area contributed by atoms with Gasteiger partial charge in [-0.05, 0) is 78.8 Å². The van der Waals surface area contributed by atoms with E-state index in [1.807, 2.05) is 37.3 Å². The number of halogens is 2. The summed E-state index contributed by atoms with van der Waals surface area (Å²) in [5, 5.41) is 7.39. The highest BCUT2D eigenvalue weighted by Gasteiger charge is 2.36. The lowest BCUT2D eigenvalue weighted by Gasteiger charge is -2.23. The average molecular weight is 524 g/mol. The van der Waals surface area contributed by atoms with Crippen molar-refractivity contribution in [1.29, 1.82) is 0 Å². The number of methoxy groups -OCH3 is 1. The number of carbonyl (C=O) groups is 1. The van der Waals surface area contributed by atoms with Gasteiger partial charge in [0.2, 0.25) is 5.91 Å². The zero-order valence-corrected chi connectivity index (χ0v) is 22.4. The van der Waals surface area contributed by atoms with E-state index in [1.165, 1.54) is 17.2 Å². The van der Waals surface area contributed by atoms with Crippen LogP contribution in [0.2, 0.25) is 5.02 Å². The minimum atomic E-state index is -0.282. The molecule has 2 N–H and O–H groups in total. The highest BCUT2D eigenvalue weighted by molar-refractivity contribution is 6.30. The van der Waals surface area contributed by atoms with Gasteiger partial charge in [0.1, 0.15) is 11.6 Å². The third-order valence-corrected chi connectivity index (χ3v) is 7.30. The number of benzene rings is 3. The summed E-state index contributed by atoms with van der Waals surface area (Å²) in [4.78, 5) is 15.5. The van der Waals surface area contributed by atoms with E-state index in [2.05, 4.69) is 34.6 Å². The summed E-state index contributed by atoms with van der Waals surface area (Å²) in [5.74, 6) is 0.620. The van der Waals surface area contributed by atoms with Crippen molar-refractivity contribution in [1.82, 2.24) is 15.5 Å². The molecule has 4 rings (SSSR count). The van der Waals surface area contributed by atoms with Crippen LogP contribution in [0, 0.1) is 19.7 Å². The second-order valence-corrected chi connectivity index (χ2v) is 10.2. The maximum Gasteiger partial charge on any atom is 0.237 e. The molecule has 1 aliphatic rings. The molecule has 0 spiro atoms. The van der Waals surface area contributed by atoms with E-state index < -0.39 is 0 Å². The number of ether oxygens (including phenoxy) is 1. The van der Waals surface area contributed by atoms with Crippen LogP contribution in [0.4, 0.5) is 4.39 Å². The van der Waals surface area contributed by atoms with Gasteiger partial charge < -0.3 is 15.4 Å². The molecule has 1 heterocycles. The Labute approximate surface area is 224 Å². The lowest BCUT2D eigenvalue weighted by Crippen LogP contribution is -2.43. The lowest BCUT2D eigenvalue weighted by molar-refractivity contribution is -0.125. The third-order valence-electron chi connectivity index (χ3n) is 7.07. The lowest BCUT2D eigenvalue weighted by atomic mass is 10.0. The predicted molar refractivity (Wildman–Crippen MR) is 146 cm³/mol. The van der Waals surface area contributed by atoms with E-state index in [0.29, 0.717) is 43.1 Å². The van der Waals surface area contributed by atoms with Crippen LogP contribution in [0.3, 0.4) is 0 Å². The maximum atomic E-state index is 14.0. The molecule has 196 valence electrons. The Balaban J connectivity index is 1.41. The summed E-state index contributed by atoms with van der Waals surface area (Å²) in [7, 11) is 1.69. The molecule has 0 unspecified atom stereocenters. The minimum absolute atomic E-state index is 0.0286. The summed E-state index contributed by atoms with van der Waals surface area (Å²) in [6, 6.07) is 18.5. The number of nitrogens with one attached hydrogen (secondary N) is 2. The number of nitrogens with zero attached hydrogens (tertiary/aromatic N) is 1. The largest absolute Gasteiger partial charge is 0.496 e. The number of likely N-dealkylation sites (tertiary alicyclic amines) is 1. The molecule has 1 aliphatic heterocycles. The summed E-state index contributed by atoms with van der Waals surface area (Å²) >= 11 is 6.21. The molecule has 37 heavy (non-hydrogen) atoms. The van der Waals surface area contributed by atoms with Crippen LogP contribution in [-0.4, -0.2) is 43.1 Å². The summed E-state index contributed by atoms with van der Waals surface area (Å²) in [6.07, 6.45) is 1.15. The highest BCUT2D eigenvalue weighted by Crippen LogP contribution is 2.25. The van der Waals surface area contributed by atoms with Crippen molar-refractivity contribution < 1.29 is 13.9 Å². The molecule has 5 nitrogen and oxygen atoms in total. The van der Waals surface area contributed by atoms with E-state index in [1.54, 1.807) is 19.2 Å². The molecule has 3 aromatic carbocycles. The number of hydrogen-bond donors (Lipinski definition) is 2. The van der Waals surface area contributed by atoms with Crippen molar-refractivity contribution in [3.63, 3.8) is 0 Å². The van der Waals surface area contributed by atoms with Crippen molar-refractivity contribution in [2.45, 2.75) is 51.9 Å². The SMILES string of the molecule is COc1cc(C)c(CN[C@H]2C[C@@H](C(=O)NCCc3ccccc3F)N(Cc3cccc(Cl)c3)C2)cc1C. The van der Waals surface area contributed by atoms with Crippen LogP contribution in [0.5, 0.6) is 5.75 Å². The van der Waals surface area contributed by atoms with Gasteiger partial charge in [0.15, 0.2) is 0 Å². The summed E-state index contributed by atoms with van der Waals surface area (Å²) < 4.78 is 19.4. The van der Waals surface area contributed by atoms with Gasteiger partial charge in [-0.3, -0.25) is 9.69 Å². The van der Waals surface area contributed by atoms with Crippen molar-refractivity contribution in [2.24, 2.45) is 0 Å². The van der Waals surface area contributed by atoms with Gasteiger partial charge in [0.25, 0.3) is 0 Å². The molecule has 1 saturated heterocycles. The van der Waals surface area contributed by atoms with Crippen molar-refractivity contribution in [2.75, 3.05) is 20.2 Å². The Hall–Kier alpha value is -2.93. The first-order chi connectivity index (χ1) is 17.8. The van der Waals surface area contributed by atoms with E-state index in [9.17, 15) is 9.18 Å². The molecule has 7 heteroatoms. The maximum absolute atomic E-state index is 14.0. The Morgan fingerprint density at radius 2 is 1.89 bits per heavy atom. The quantitative estimate of drug-likeness (QED) is 0.384. The van der Waals surface area contributed by atoms with E-state index in [4.69, 9.17) is 16.3 Å². The fraction of sp³-hybridized carbons (Fsp3) is 0.367. The number of aryl methyl sites for hydroxylation is 2. The van der Waals surface area contributed by atoms with Crippen LogP contribution >= 0.6 is 11.6 Å². The molecule has 1 amide bonds. The van der Waals surface area contributed by atoms with Crippen molar-refractivity contribution in [3.8, 4) is 5.75 Å². The first-order valence-electron chi connectivity index (χ1n) is 12.7. The Bertz CT molecular complexity index is 1240. The van der Waals surface area contributed by atoms with Gasteiger partial charge >= 0.3 is 0 Å². The van der Waals surface area contributed by atoms with E-state index in [-0.39, 0.29) is 23.8 Å². The van der Waals surface area contributed by atoms with Crippen LogP contribution < -0.4 is 15.4 Å². The summed E-state index contributed by atoms with van der Waals surface area (Å²) in [6.45, 7) is 6.62. The van der Waals surface area contributed by atoms with Gasteiger partial charge in [-0.1, -0.05) is 48.0 Å². The van der Waals surface area contributed by atoms with Gasteiger partial charge in [0.05, 0.1) is 13.2 Å². The molecule has 1 fully saturated rings. The molecule has 0 saturated carbocycles. The predicted octanol–water partition coefficient (Wildman–Crippen LogP) is 5.20. The van der Waals surface area contributed by atoms with Gasteiger partial charge in [-0.2, -0.15) is 0 Å². The summed E-state index contributed by atoms with van der Waals surface area (Å²) in [5.41, 5.74) is 5.17. The van der Waals surface area contributed by atoms with Crippen molar-refractivity contribution >= 4 is 17.5 Å². The fourth-order valence-electron chi connectivity index (χ4n) is 5.02. The number of hydrogen-bond acceptors (Lipinski definition) is 4. The topological polar surface area (TPSA) is 53.6 Å². The monoisotopic (exact) mass is 523 g/mol. The van der Waals surface area contributed by atoms with Crippen LogP contribution in [0.15, 0.2) is 60.7 Å². The second kappa shape index (κ2) is 12.5. The fourth-order valence-corrected chi connectivity index (χ4v) is 5.24. The van der Waals surface area contributed by atoms with Gasteiger partial charge in [0, 0.05) is 37.2 Å². The first-order valence-corrected chi connectivity index (χ1v) is 13.1. The molecule has 0 radical (unpaired) electrons. The Kier molecular flexibility index (Phi) is 9.19. The van der Waals surface area contributed by atoms with Gasteiger partial charge in [-0.15, -0.1) is 0 Å². The standard InChI is InChI=1S/C30H35ClFN3O2/c1-20-14-29(37-3)21(2)13-24(20)17-34-26-16-28(35(19-26)18-22-7-6-9-25(31)15-22)30(36)33-12-11-23-8-4-5-10-27(23)32/h4-10,13-15,26,28,34H,11-12,16-19H2,1-3H3,(H,33,36)/t26-,28-/m0/s1. The first kappa shape index (κ1) is 27.1. The number of rotatable bonds is 10. The van der Waals surface area contributed by atoms with Crippen LogP contribution in [0.25, 0.3) is 0 Å². The third kappa shape index (κ3) is 7.10. The van der Waals surface area contributed by atoms with Crippen LogP contribution in [0.1, 0.15) is 34.2 Å². The highest BCUT2D eigenvalue weighted by atomic mass is 35.5. The zero-order chi connectivity index (χ0) is 26.4. The normalized spacial score (nSPS) is 17.6. The smallest absolute Gasteiger partial charge is 0.237 e. The Morgan fingerprint density at radius 1 is 1.08 bits per heavy atom. The Morgan fingerprint density at radius 3 is 2.65 bits per heavy atom. The molecule has 3 aromatic rings. The van der Waals surface area contributed by atoms with Gasteiger partial charge in [-0.25, -0.2) is 4.39 Å². The zero-order valence-electron chi connectivity index (χ0n) is 21.7. The second-order valence-electron chi connectivity index (χ2n) is 9.77. The van der Waals surface area contributed by atoms with Crippen molar-refractivity contribution in [3.05, 3.63) is 99.3 Å². The molecule has 0 aliphatic carbocycles. The minimum Gasteiger partial charge on any atom is -0.496 e. The molecule has 0 aromatic heterocycles. The van der Waals surface area contributed by atoms with E-state index in [0.717, 1.165) is 23.4 Å². The number of carbonyl (C=O) groups excluding carboxylic acids is 1. The molecule has 0 bridgehead atoms. The molecule has 2 atom stereocenters.